The maximum atomic E-state index is 11.3. The first kappa shape index (κ1) is 13.5. The number of benzene rings is 1. The molecule has 18 heavy (non-hydrogen) atoms. The normalized spacial score (nSPS) is 17.2. The van der Waals surface area contributed by atoms with Crippen molar-refractivity contribution in [1.29, 1.82) is 0 Å². The van der Waals surface area contributed by atoms with Gasteiger partial charge in [-0.15, -0.1) is 11.8 Å². The molecule has 1 aliphatic carbocycles. The number of carbonyl (C=O) groups is 1. The van der Waals surface area contributed by atoms with Gasteiger partial charge < -0.3 is 4.74 Å². The predicted octanol–water partition coefficient (Wildman–Crippen LogP) is 4.29. The van der Waals surface area contributed by atoms with Gasteiger partial charge in [-0.3, -0.25) is 0 Å². The van der Waals surface area contributed by atoms with Crippen LogP contribution in [0.3, 0.4) is 0 Å². The molecule has 3 heteroatoms. The minimum Gasteiger partial charge on any atom is -0.465 e. The molecule has 0 unspecified atom stereocenters. The van der Waals surface area contributed by atoms with Crippen molar-refractivity contribution in [2.24, 2.45) is 0 Å². The zero-order valence-corrected chi connectivity index (χ0v) is 11.7. The number of thioether (sulfide) groups is 1. The Balaban J connectivity index is 1.94. The molecule has 0 amide bonds. The van der Waals surface area contributed by atoms with Crippen LogP contribution in [0.5, 0.6) is 0 Å². The van der Waals surface area contributed by atoms with E-state index in [0.29, 0.717) is 5.56 Å². The van der Waals surface area contributed by atoms with Crippen LogP contribution in [0.2, 0.25) is 0 Å². The number of ether oxygens (including phenoxy) is 1. The summed E-state index contributed by atoms with van der Waals surface area (Å²) in [6.07, 6.45) is 8.14. The molecule has 1 aromatic carbocycles. The summed E-state index contributed by atoms with van der Waals surface area (Å²) in [6, 6.07) is 7.76. The van der Waals surface area contributed by atoms with Crippen LogP contribution >= 0.6 is 11.8 Å². The molecule has 1 saturated carbocycles. The van der Waals surface area contributed by atoms with Gasteiger partial charge in [-0.1, -0.05) is 25.7 Å². The number of esters is 1. The second-order valence-corrected chi connectivity index (χ2v) is 6.12. The van der Waals surface area contributed by atoms with E-state index in [0.717, 1.165) is 5.25 Å². The third kappa shape index (κ3) is 3.77. The highest BCUT2D eigenvalue weighted by atomic mass is 32.2. The second-order valence-electron chi connectivity index (χ2n) is 4.75. The van der Waals surface area contributed by atoms with Crippen LogP contribution in [-0.2, 0) is 4.74 Å². The van der Waals surface area contributed by atoms with Crippen molar-refractivity contribution in [3.63, 3.8) is 0 Å². The lowest BCUT2D eigenvalue weighted by Gasteiger charge is -2.13. The van der Waals surface area contributed by atoms with Gasteiger partial charge in [0.05, 0.1) is 12.7 Å². The van der Waals surface area contributed by atoms with E-state index >= 15 is 0 Å². The zero-order chi connectivity index (χ0) is 12.8. The van der Waals surface area contributed by atoms with Gasteiger partial charge in [-0.2, -0.15) is 0 Å². The zero-order valence-electron chi connectivity index (χ0n) is 10.9. The van der Waals surface area contributed by atoms with Crippen LogP contribution < -0.4 is 0 Å². The van der Waals surface area contributed by atoms with Gasteiger partial charge in [0, 0.05) is 10.1 Å². The van der Waals surface area contributed by atoms with E-state index in [2.05, 4.69) is 0 Å². The Bertz CT molecular complexity index is 378. The molecule has 0 aliphatic heterocycles. The summed E-state index contributed by atoms with van der Waals surface area (Å²) < 4.78 is 4.70. The van der Waals surface area contributed by atoms with Gasteiger partial charge in [-0.05, 0) is 37.1 Å². The molecule has 0 spiro atoms. The van der Waals surface area contributed by atoms with Gasteiger partial charge in [-0.25, -0.2) is 4.79 Å². The molecular formula is C15H20O2S. The average molecular weight is 264 g/mol. The van der Waals surface area contributed by atoms with Crippen LogP contribution in [0, 0.1) is 0 Å². The molecule has 1 aromatic rings. The molecule has 2 rings (SSSR count). The Morgan fingerprint density at radius 1 is 1.11 bits per heavy atom. The van der Waals surface area contributed by atoms with Crippen LogP contribution in [0.1, 0.15) is 48.9 Å². The average Bonchev–Trinajstić information content (AvgIpc) is 2.67. The molecule has 1 aliphatic rings. The number of hydrogen-bond donors (Lipinski definition) is 0. The number of hydrogen-bond acceptors (Lipinski definition) is 3. The quantitative estimate of drug-likeness (QED) is 0.602. The topological polar surface area (TPSA) is 26.3 Å². The fourth-order valence-corrected chi connectivity index (χ4v) is 3.59. The Morgan fingerprint density at radius 2 is 1.72 bits per heavy atom. The summed E-state index contributed by atoms with van der Waals surface area (Å²) in [7, 11) is 1.41. The third-order valence-electron chi connectivity index (χ3n) is 3.38. The largest absolute Gasteiger partial charge is 0.465 e. The van der Waals surface area contributed by atoms with Crippen LogP contribution in [-0.4, -0.2) is 18.3 Å². The monoisotopic (exact) mass is 264 g/mol. The number of carbonyl (C=O) groups excluding carboxylic acids is 1. The van der Waals surface area contributed by atoms with E-state index in [9.17, 15) is 4.79 Å². The van der Waals surface area contributed by atoms with E-state index in [4.69, 9.17) is 4.74 Å². The fraction of sp³-hybridized carbons (Fsp3) is 0.533. The fourth-order valence-electron chi connectivity index (χ4n) is 2.34. The van der Waals surface area contributed by atoms with Crippen LogP contribution in [0.25, 0.3) is 0 Å². The summed E-state index contributed by atoms with van der Waals surface area (Å²) in [5.41, 5.74) is 0.628. The van der Waals surface area contributed by atoms with E-state index in [-0.39, 0.29) is 5.97 Å². The van der Waals surface area contributed by atoms with Gasteiger partial charge in [0.25, 0.3) is 0 Å². The number of methoxy groups -OCH3 is 1. The van der Waals surface area contributed by atoms with E-state index in [1.165, 1.54) is 50.5 Å². The highest BCUT2D eigenvalue weighted by Gasteiger charge is 2.13. The third-order valence-corrected chi connectivity index (χ3v) is 4.73. The van der Waals surface area contributed by atoms with E-state index < -0.39 is 0 Å². The molecule has 0 atom stereocenters. The molecule has 0 heterocycles. The minimum absolute atomic E-state index is 0.263. The maximum absolute atomic E-state index is 11.3. The van der Waals surface area contributed by atoms with E-state index in [1.807, 2.05) is 36.0 Å². The van der Waals surface area contributed by atoms with Crippen LogP contribution in [0.4, 0.5) is 0 Å². The highest BCUT2D eigenvalue weighted by Crippen LogP contribution is 2.32. The molecule has 98 valence electrons. The Labute approximate surface area is 113 Å². The Kier molecular flexibility index (Phi) is 5.12. The lowest BCUT2D eigenvalue weighted by atomic mass is 10.2. The second kappa shape index (κ2) is 6.83. The molecule has 0 radical (unpaired) electrons. The van der Waals surface area contributed by atoms with Crippen molar-refractivity contribution in [2.75, 3.05) is 7.11 Å². The molecule has 0 bridgehead atoms. The Hall–Kier alpha value is -0.960. The lowest BCUT2D eigenvalue weighted by Crippen LogP contribution is -2.02. The highest BCUT2D eigenvalue weighted by molar-refractivity contribution is 8.00. The molecule has 0 aromatic heterocycles. The summed E-state index contributed by atoms with van der Waals surface area (Å²) in [4.78, 5) is 12.6. The molecular weight excluding hydrogens is 244 g/mol. The summed E-state index contributed by atoms with van der Waals surface area (Å²) in [5, 5.41) is 0.747. The van der Waals surface area contributed by atoms with Crippen molar-refractivity contribution >= 4 is 17.7 Å². The number of rotatable bonds is 3. The molecule has 0 N–H and O–H groups in total. The van der Waals surface area contributed by atoms with Crippen molar-refractivity contribution in [3.05, 3.63) is 29.8 Å². The van der Waals surface area contributed by atoms with Crippen molar-refractivity contribution in [2.45, 2.75) is 48.7 Å². The minimum atomic E-state index is -0.263. The first-order valence-corrected chi connectivity index (χ1v) is 7.52. The van der Waals surface area contributed by atoms with Gasteiger partial charge in [0.15, 0.2) is 0 Å². The molecule has 0 saturated heterocycles. The lowest BCUT2D eigenvalue weighted by molar-refractivity contribution is 0.0600. The van der Waals surface area contributed by atoms with Gasteiger partial charge >= 0.3 is 5.97 Å². The van der Waals surface area contributed by atoms with E-state index in [1.54, 1.807) is 0 Å². The predicted molar refractivity (Wildman–Crippen MR) is 75.1 cm³/mol. The standard InChI is InChI=1S/C15H20O2S/c1-17-15(16)12-8-10-14(11-9-12)18-13-6-4-2-3-5-7-13/h8-11,13H,2-7H2,1H3. The Morgan fingerprint density at radius 3 is 2.28 bits per heavy atom. The maximum Gasteiger partial charge on any atom is 0.337 e. The van der Waals surface area contributed by atoms with Gasteiger partial charge in [0.2, 0.25) is 0 Å². The van der Waals surface area contributed by atoms with Crippen molar-refractivity contribution in [1.82, 2.24) is 0 Å². The first-order valence-electron chi connectivity index (χ1n) is 6.64. The molecule has 1 fully saturated rings. The SMILES string of the molecule is COC(=O)c1ccc(SC2CCCCCC2)cc1. The summed E-state index contributed by atoms with van der Waals surface area (Å²) in [6.45, 7) is 0. The molecule has 2 nitrogen and oxygen atoms in total. The summed E-state index contributed by atoms with van der Waals surface area (Å²) in [5.74, 6) is -0.263. The first-order chi connectivity index (χ1) is 8.79. The summed E-state index contributed by atoms with van der Waals surface area (Å²) >= 11 is 1.95. The smallest absolute Gasteiger partial charge is 0.337 e. The van der Waals surface area contributed by atoms with Crippen molar-refractivity contribution in [3.8, 4) is 0 Å². The van der Waals surface area contributed by atoms with Gasteiger partial charge in [0.1, 0.15) is 0 Å². The van der Waals surface area contributed by atoms with Crippen LogP contribution in [0.15, 0.2) is 29.2 Å². The van der Waals surface area contributed by atoms with Crippen molar-refractivity contribution < 1.29 is 9.53 Å².